The summed E-state index contributed by atoms with van der Waals surface area (Å²) < 4.78 is 10.5. The van der Waals surface area contributed by atoms with Crippen LogP contribution < -0.4 is 14.8 Å². The molecule has 0 unspecified atom stereocenters. The summed E-state index contributed by atoms with van der Waals surface area (Å²) in [6.07, 6.45) is 6.58. The Bertz CT molecular complexity index is 513. The first kappa shape index (κ1) is 17.6. The molecule has 23 heavy (non-hydrogen) atoms. The normalized spacial score (nSPS) is 15.5. The number of rotatable bonds is 7. The van der Waals surface area contributed by atoms with Gasteiger partial charge in [-0.3, -0.25) is 9.69 Å². The second kappa shape index (κ2) is 8.77. The molecule has 1 aliphatic carbocycles. The number of ether oxygens (including phenoxy) is 2. The molecule has 2 rings (SSSR count). The van der Waals surface area contributed by atoms with Gasteiger partial charge in [-0.25, -0.2) is 0 Å². The molecular weight excluding hydrogens is 292 g/mol. The second-order valence-electron chi connectivity index (χ2n) is 6.32. The second-order valence-corrected chi connectivity index (χ2v) is 6.32. The number of carbonyl (C=O) groups excluding carboxylic acids is 1. The number of carbonyl (C=O) groups is 1. The first-order valence-corrected chi connectivity index (χ1v) is 8.32. The van der Waals surface area contributed by atoms with Crippen LogP contribution in [-0.2, 0) is 4.79 Å². The van der Waals surface area contributed by atoms with Crippen LogP contribution in [0, 0.1) is 5.92 Å². The number of nitrogens with one attached hydrogen (secondary N) is 1. The van der Waals surface area contributed by atoms with Gasteiger partial charge < -0.3 is 14.8 Å². The summed E-state index contributed by atoms with van der Waals surface area (Å²) in [5.41, 5.74) is 0.642. The Balaban J connectivity index is 1.88. The number of anilines is 1. The molecule has 0 spiro atoms. The van der Waals surface area contributed by atoms with Gasteiger partial charge in [-0.1, -0.05) is 19.3 Å². The van der Waals surface area contributed by atoms with Crippen molar-refractivity contribution in [3.8, 4) is 11.5 Å². The number of methoxy groups -OCH3 is 2. The quantitative estimate of drug-likeness (QED) is 0.838. The van der Waals surface area contributed by atoms with Crippen LogP contribution in [0.1, 0.15) is 32.1 Å². The van der Waals surface area contributed by atoms with Crippen molar-refractivity contribution in [2.75, 3.05) is 39.7 Å². The van der Waals surface area contributed by atoms with Gasteiger partial charge in [0, 0.05) is 12.6 Å². The Morgan fingerprint density at radius 1 is 1.22 bits per heavy atom. The Kier molecular flexibility index (Phi) is 6.71. The molecular formula is C18H28N2O3. The van der Waals surface area contributed by atoms with E-state index in [-0.39, 0.29) is 5.91 Å². The third-order valence-corrected chi connectivity index (χ3v) is 4.39. The predicted molar refractivity (Wildman–Crippen MR) is 92.2 cm³/mol. The van der Waals surface area contributed by atoms with E-state index >= 15 is 0 Å². The van der Waals surface area contributed by atoms with E-state index in [0.717, 1.165) is 12.5 Å². The molecule has 1 amide bonds. The Hall–Kier alpha value is -1.75. The zero-order chi connectivity index (χ0) is 16.7. The van der Waals surface area contributed by atoms with Gasteiger partial charge in [0.15, 0.2) is 0 Å². The van der Waals surface area contributed by atoms with Crippen LogP contribution in [0.25, 0.3) is 0 Å². The van der Waals surface area contributed by atoms with Crippen molar-refractivity contribution in [2.45, 2.75) is 32.1 Å². The predicted octanol–water partition coefficient (Wildman–Crippen LogP) is 3.15. The molecule has 1 fully saturated rings. The number of nitrogens with zero attached hydrogens (tertiary/aromatic N) is 1. The van der Waals surface area contributed by atoms with E-state index < -0.39 is 0 Å². The number of hydrogen-bond donors (Lipinski definition) is 1. The van der Waals surface area contributed by atoms with E-state index in [1.165, 1.54) is 32.1 Å². The fraction of sp³-hybridized carbons (Fsp3) is 0.611. The Labute approximate surface area is 139 Å². The van der Waals surface area contributed by atoms with Crippen LogP contribution in [0.2, 0.25) is 0 Å². The highest BCUT2D eigenvalue weighted by molar-refractivity contribution is 5.93. The van der Waals surface area contributed by atoms with Crippen molar-refractivity contribution in [1.29, 1.82) is 0 Å². The third-order valence-electron chi connectivity index (χ3n) is 4.39. The molecule has 0 atom stereocenters. The summed E-state index contributed by atoms with van der Waals surface area (Å²) in [6, 6.07) is 5.38. The molecule has 1 aliphatic rings. The van der Waals surface area contributed by atoms with Crippen LogP contribution in [0.3, 0.4) is 0 Å². The van der Waals surface area contributed by atoms with E-state index in [1.807, 2.05) is 13.1 Å². The Morgan fingerprint density at radius 3 is 2.61 bits per heavy atom. The third kappa shape index (κ3) is 5.43. The lowest BCUT2D eigenvalue weighted by Crippen LogP contribution is -2.34. The first-order chi connectivity index (χ1) is 11.1. The molecule has 0 aliphatic heterocycles. The summed E-state index contributed by atoms with van der Waals surface area (Å²) in [7, 11) is 5.20. The average Bonchev–Trinajstić information content (AvgIpc) is 2.55. The molecule has 1 N–H and O–H groups in total. The van der Waals surface area contributed by atoms with Crippen LogP contribution in [0.15, 0.2) is 18.2 Å². The summed E-state index contributed by atoms with van der Waals surface area (Å²) >= 11 is 0. The van der Waals surface area contributed by atoms with Crippen molar-refractivity contribution >= 4 is 11.6 Å². The summed E-state index contributed by atoms with van der Waals surface area (Å²) in [5, 5.41) is 2.92. The first-order valence-electron chi connectivity index (χ1n) is 8.32. The highest BCUT2D eigenvalue weighted by Gasteiger charge is 2.17. The van der Waals surface area contributed by atoms with Crippen LogP contribution in [-0.4, -0.2) is 45.2 Å². The molecule has 5 heteroatoms. The lowest BCUT2D eigenvalue weighted by molar-refractivity contribution is -0.117. The zero-order valence-electron chi connectivity index (χ0n) is 14.4. The van der Waals surface area contributed by atoms with Crippen molar-refractivity contribution in [3.63, 3.8) is 0 Å². The molecule has 1 aromatic carbocycles. The van der Waals surface area contributed by atoms with Gasteiger partial charge in [0.25, 0.3) is 0 Å². The lowest BCUT2D eigenvalue weighted by Gasteiger charge is -2.26. The van der Waals surface area contributed by atoms with E-state index in [2.05, 4.69) is 10.2 Å². The largest absolute Gasteiger partial charge is 0.497 e. The van der Waals surface area contributed by atoms with Crippen LogP contribution in [0.5, 0.6) is 11.5 Å². The molecule has 1 aromatic rings. The Morgan fingerprint density at radius 2 is 1.96 bits per heavy atom. The van der Waals surface area contributed by atoms with Gasteiger partial charge in [-0.05, 0) is 37.9 Å². The molecule has 128 valence electrons. The minimum absolute atomic E-state index is 0.0325. The average molecular weight is 320 g/mol. The molecule has 1 saturated carbocycles. The minimum atomic E-state index is -0.0325. The van der Waals surface area contributed by atoms with Crippen molar-refractivity contribution in [1.82, 2.24) is 4.90 Å². The van der Waals surface area contributed by atoms with Gasteiger partial charge >= 0.3 is 0 Å². The summed E-state index contributed by atoms with van der Waals surface area (Å²) in [6.45, 7) is 1.37. The van der Waals surface area contributed by atoms with Crippen LogP contribution in [0.4, 0.5) is 5.69 Å². The van der Waals surface area contributed by atoms with Crippen molar-refractivity contribution < 1.29 is 14.3 Å². The maximum Gasteiger partial charge on any atom is 0.238 e. The topological polar surface area (TPSA) is 50.8 Å². The van der Waals surface area contributed by atoms with Gasteiger partial charge in [-0.15, -0.1) is 0 Å². The lowest BCUT2D eigenvalue weighted by atomic mass is 9.89. The van der Waals surface area contributed by atoms with Crippen LogP contribution >= 0.6 is 0 Å². The molecule has 0 heterocycles. The van der Waals surface area contributed by atoms with E-state index in [4.69, 9.17) is 9.47 Å². The maximum atomic E-state index is 12.3. The number of amides is 1. The number of likely N-dealkylation sites (N-methyl/N-ethyl adjacent to an activating group) is 1. The molecule has 0 aromatic heterocycles. The zero-order valence-corrected chi connectivity index (χ0v) is 14.4. The minimum Gasteiger partial charge on any atom is -0.497 e. The highest BCUT2D eigenvalue weighted by atomic mass is 16.5. The molecule has 0 bridgehead atoms. The summed E-state index contributed by atoms with van der Waals surface area (Å²) in [5.74, 6) is 2.02. The monoisotopic (exact) mass is 320 g/mol. The fourth-order valence-electron chi connectivity index (χ4n) is 3.22. The number of benzene rings is 1. The summed E-state index contributed by atoms with van der Waals surface area (Å²) in [4.78, 5) is 14.4. The highest BCUT2D eigenvalue weighted by Crippen LogP contribution is 2.29. The fourth-order valence-corrected chi connectivity index (χ4v) is 3.22. The maximum absolute atomic E-state index is 12.3. The smallest absolute Gasteiger partial charge is 0.238 e. The van der Waals surface area contributed by atoms with E-state index in [0.29, 0.717) is 23.7 Å². The molecule has 5 nitrogen and oxygen atoms in total. The van der Waals surface area contributed by atoms with Crippen molar-refractivity contribution in [2.24, 2.45) is 5.92 Å². The number of hydrogen-bond acceptors (Lipinski definition) is 4. The van der Waals surface area contributed by atoms with E-state index in [1.54, 1.807) is 26.4 Å². The standard InChI is InChI=1S/C18H28N2O3/c1-20(12-14-7-5-4-6-8-14)13-18(21)19-16-11-15(22-2)9-10-17(16)23-3/h9-11,14H,4-8,12-13H2,1-3H3,(H,19,21). The SMILES string of the molecule is COc1ccc(OC)c(NC(=O)CN(C)CC2CCCCC2)c1. The van der Waals surface area contributed by atoms with E-state index in [9.17, 15) is 4.79 Å². The van der Waals surface area contributed by atoms with Crippen molar-refractivity contribution in [3.05, 3.63) is 18.2 Å². The molecule has 0 saturated heterocycles. The van der Waals surface area contributed by atoms with Gasteiger partial charge in [-0.2, -0.15) is 0 Å². The van der Waals surface area contributed by atoms with Gasteiger partial charge in [0.1, 0.15) is 11.5 Å². The van der Waals surface area contributed by atoms with Gasteiger partial charge in [0.05, 0.1) is 26.5 Å². The van der Waals surface area contributed by atoms with Gasteiger partial charge in [0.2, 0.25) is 5.91 Å². The molecule has 0 radical (unpaired) electrons.